The van der Waals surface area contributed by atoms with E-state index in [1.807, 2.05) is 5.51 Å². The molecule has 2 aliphatic heterocycles. The molecule has 1 fully saturated rings. The maximum atomic E-state index is 5.29. The molecule has 4 rings (SSSR count). The summed E-state index contributed by atoms with van der Waals surface area (Å²) in [6.45, 7) is 3.75. The molecule has 2 aliphatic rings. The number of piperazine rings is 1. The predicted molar refractivity (Wildman–Crippen MR) is 103 cm³/mol. The molecule has 5 nitrogen and oxygen atoms in total. The van der Waals surface area contributed by atoms with Gasteiger partial charge in [-0.1, -0.05) is 23.9 Å². The lowest BCUT2D eigenvalue weighted by molar-refractivity contribution is 0.100. The van der Waals surface area contributed by atoms with Gasteiger partial charge in [0.05, 0.1) is 15.4 Å². The van der Waals surface area contributed by atoms with Crippen molar-refractivity contribution in [2.24, 2.45) is 4.99 Å². The number of aromatic nitrogens is 1. The molecule has 0 aliphatic carbocycles. The summed E-state index contributed by atoms with van der Waals surface area (Å²) in [7, 11) is 3.97. The zero-order valence-corrected chi connectivity index (χ0v) is 16.1. The highest BCUT2D eigenvalue weighted by molar-refractivity contribution is 8.01. The molecule has 0 amide bonds. The number of benzene rings is 1. The first kappa shape index (κ1) is 17.0. The SMILES string of the molecule is COCC[C@H]1CN(C2=Nc3ccccc3Sc3scnc32)CCN1C. The van der Waals surface area contributed by atoms with Crippen LogP contribution in [-0.4, -0.2) is 67.1 Å². The van der Waals surface area contributed by atoms with Gasteiger partial charge in [0.1, 0.15) is 5.69 Å². The number of likely N-dealkylation sites (N-methyl/N-ethyl adjacent to an activating group) is 1. The van der Waals surface area contributed by atoms with Crippen LogP contribution in [0.1, 0.15) is 12.1 Å². The van der Waals surface area contributed by atoms with Crippen LogP contribution in [0.2, 0.25) is 0 Å². The van der Waals surface area contributed by atoms with E-state index in [4.69, 9.17) is 9.73 Å². The Labute approximate surface area is 156 Å². The van der Waals surface area contributed by atoms with Gasteiger partial charge in [0.25, 0.3) is 0 Å². The number of aliphatic imine (C=N–C) groups is 1. The van der Waals surface area contributed by atoms with Crippen LogP contribution in [0.5, 0.6) is 0 Å². The normalized spacial score (nSPS) is 20.6. The number of nitrogens with zero attached hydrogens (tertiary/aromatic N) is 4. The van der Waals surface area contributed by atoms with E-state index in [9.17, 15) is 0 Å². The van der Waals surface area contributed by atoms with E-state index in [0.29, 0.717) is 6.04 Å². The number of amidine groups is 1. The van der Waals surface area contributed by atoms with Crippen molar-refractivity contribution in [2.45, 2.75) is 21.6 Å². The summed E-state index contributed by atoms with van der Waals surface area (Å²) in [5.41, 5.74) is 4.00. The number of para-hydroxylation sites is 1. The molecule has 0 bridgehead atoms. The highest BCUT2D eigenvalue weighted by Gasteiger charge is 2.30. The zero-order chi connectivity index (χ0) is 17.2. The quantitative estimate of drug-likeness (QED) is 0.824. The second-order valence-corrected chi connectivity index (χ2v) is 8.52. The Kier molecular flexibility index (Phi) is 5.08. The second-order valence-electron chi connectivity index (χ2n) is 6.36. The van der Waals surface area contributed by atoms with Crippen LogP contribution in [0.15, 0.2) is 43.9 Å². The van der Waals surface area contributed by atoms with Gasteiger partial charge in [-0.15, -0.1) is 11.3 Å². The third-order valence-corrected chi connectivity index (χ3v) is 6.87. The van der Waals surface area contributed by atoms with Gasteiger partial charge in [-0.2, -0.15) is 0 Å². The lowest BCUT2D eigenvalue weighted by atomic mass is 10.1. The summed E-state index contributed by atoms with van der Waals surface area (Å²) in [5.74, 6) is 1.02. The Morgan fingerprint density at radius 1 is 1.28 bits per heavy atom. The minimum absolute atomic E-state index is 0.477. The Hall–Kier alpha value is -1.41. The van der Waals surface area contributed by atoms with Gasteiger partial charge in [0.2, 0.25) is 0 Å². The molecule has 25 heavy (non-hydrogen) atoms. The lowest BCUT2D eigenvalue weighted by Crippen LogP contribution is -2.53. The number of hydrogen-bond donors (Lipinski definition) is 0. The van der Waals surface area contributed by atoms with Crippen LogP contribution in [0.25, 0.3) is 0 Å². The number of methoxy groups -OCH3 is 1. The largest absolute Gasteiger partial charge is 0.385 e. The van der Waals surface area contributed by atoms with Gasteiger partial charge < -0.3 is 9.64 Å². The van der Waals surface area contributed by atoms with Crippen molar-refractivity contribution in [3.8, 4) is 0 Å². The molecule has 7 heteroatoms. The van der Waals surface area contributed by atoms with Crippen molar-refractivity contribution >= 4 is 34.6 Å². The van der Waals surface area contributed by atoms with Gasteiger partial charge in [-0.05, 0) is 25.6 Å². The van der Waals surface area contributed by atoms with E-state index in [2.05, 4.69) is 46.1 Å². The summed E-state index contributed by atoms with van der Waals surface area (Å²) in [4.78, 5) is 15.7. The molecule has 1 aromatic heterocycles. The molecule has 132 valence electrons. The lowest BCUT2D eigenvalue weighted by Gasteiger charge is -2.40. The molecule has 2 aromatic rings. The average molecular weight is 375 g/mol. The van der Waals surface area contributed by atoms with Crippen LogP contribution in [0.4, 0.5) is 5.69 Å². The molecule has 0 unspecified atom stereocenters. The Morgan fingerprint density at radius 2 is 2.16 bits per heavy atom. The first-order chi connectivity index (χ1) is 12.3. The standard InChI is InChI=1S/C18H22N4OS2/c1-21-8-9-22(11-13(21)7-10-23-2)17-16-18(24-12-19-16)25-15-6-4-3-5-14(15)20-17/h3-6,12-13H,7-11H2,1-2H3/t13-/m0/s1. The van der Waals surface area contributed by atoms with E-state index >= 15 is 0 Å². The van der Waals surface area contributed by atoms with Gasteiger partial charge in [-0.3, -0.25) is 4.90 Å². The van der Waals surface area contributed by atoms with Gasteiger partial charge in [0.15, 0.2) is 5.84 Å². The minimum atomic E-state index is 0.477. The fourth-order valence-corrected chi connectivity index (χ4v) is 5.19. The third kappa shape index (κ3) is 3.46. The molecular weight excluding hydrogens is 352 g/mol. The molecular formula is C18H22N4OS2. The highest BCUT2D eigenvalue weighted by Crippen LogP contribution is 2.42. The Bertz CT molecular complexity index is 776. The smallest absolute Gasteiger partial charge is 0.157 e. The average Bonchev–Trinajstić information content (AvgIpc) is 3.02. The van der Waals surface area contributed by atoms with Crippen LogP contribution < -0.4 is 0 Å². The predicted octanol–water partition coefficient (Wildman–Crippen LogP) is 3.34. The van der Waals surface area contributed by atoms with Crippen molar-refractivity contribution in [1.29, 1.82) is 0 Å². The van der Waals surface area contributed by atoms with E-state index in [1.165, 1.54) is 9.10 Å². The number of hydrogen-bond acceptors (Lipinski definition) is 7. The van der Waals surface area contributed by atoms with Crippen LogP contribution in [0.3, 0.4) is 0 Å². The molecule has 0 saturated carbocycles. The van der Waals surface area contributed by atoms with Crippen molar-refractivity contribution < 1.29 is 4.74 Å². The van der Waals surface area contributed by atoms with E-state index in [1.54, 1.807) is 30.2 Å². The first-order valence-electron chi connectivity index (χ1n) is 8.50. The number of rotatable bonds is 3. The Balaban J connectivity index is 1.67. The molecule has 3 heterocycles. The fraction of sp³-hybridized carbons (Fsp3) is 0.444. The molecule has 0 radical (unpaired) electrons. The van der Waals surface area contributed by atoms with Crippen molar-refractivity contribution in [3.63, 3.8) is 0 Å². The van der Waals surface area contributed by atoms with Crippen molar-refractivity contribution in [3.05, 3.63) is 35.5 Å². The van der Waals surface area contributed by atoms with Crippen LogP contribution >= 0.6 is 23.1 Å². The second kappa shape index (κ2) is 7.45. The van der Waals surface area contributed by atoms with E-state index < -0.39 is 0 Å². The highest BCUT2D eigenvalue weighted by atomic mass is 32.2. The molecule has 0 N–H and O–H groups in total. The van der Waals surface area contributed by atoms with Crippen molar-refractivity contribution in [2.75, 3.05) is 40.4 Å². The van der Waals surface area contributed by atoms with E-state index in [-0.39, 0.29) is 0 Å². The van der Waals surface area contributed by atoms with Gasteiger partial charge in [-0.25, -0.2) is 9.98 Å². The summed E-state index contributed by atoms with van der Waals surface area (Å²) >= 11 is 3.48. The number of thiazole rings is 1. The van der Waals surface area contributed by atoms with Crippen molar-refractivity contribution in [1.82, 2.24) is 14.8 Å². The molecule has 1 aromatic carbocycles. The topological polar surface area (TPSA) is 41.0 Å². The minimum Gasteiger partial charge on any atom is -0.385 e. The van der Waals surface area contributed by atoms with Gasteiger partial charge >= 0.3 is 0 Å². The van der Waals surface area contributed by atoms with Crippen LogP contribution in [0, 0.1) is 0 Å². The molecule has 1 saturated heterocycles. The monoisotopic (exact) mass is 374 g/mol. The summed E-state index contributed by atoms with van der Waals surface area (Å²) < 4.78 is 6.53. The summed E-state index contributed by atoms with van der Waals surface area (Å²) in [5, 5.41) is 0. The maximum Gasteiger partial charge on any atom is 0.157 e. The summed E-state index contributed by atoms with van der Waals surface area (Å²) in [6.07, 6.45) is 1.03. The summed E-state index contributed by atoms with van der Waals surface area (Å²) in [6, 6.07) is 8.84. The Morgan fingerprint density at radius 3 is 3.04 bits per heavy atom. The third-order valence-electron chi connectivity index (χ3n) is 4.77. The molecule has 1 atom stereocenters. The first-order valence-corrected chi connectivity index (χ1v) is 10.2. The van der Waals surface area contributed by atoms with E-state index in [0.717, 1.165) is 49.9 Å². The van der Waals surface area contributed by atoms with Gasteiger partial charge in [0, 0.05) is 44.3 Å². The number of ether oxygens (including phenoxy) is 1. The number of fused-ring (bicyclic) bond motifs is 2. The maximum absolute atomic E-state index is 5.29. The zero-order valence-electron chi connectivity index (χ0n) is 14.5. The fourth-order valence-electron chi connectivity index (χ4n) is 3.28. The molecule has 0 spiro atoms. The van der Waals surface area contributed by atoms with Crippen LogP contribution in [-0.2, 0) is 4.74 Å².